The molecule has 0 aromatic rings. The van der Waals surface area contributed by atoms with Gasteiger partial charge in [-0.05, 0) is 13.8 Å². The molecule has 0 bridgehead atoms. The number of rotatable bonds is 12. The molecular weight excluding hydrogens is 234 g/mol. The number of methoxy groups -OCH3 is 3. The van der Waals surface area contributed by atoms with Gasteiger partial charge < -0.3 is 18.9 Å². The molecule has 0 saturated carbocycles. The summed E-state index contributed by atoms with van der Waals surface area (Å²) in [6, 6.07) is 0.239. The Kier molecular flexibility index (Phi) is 11.7. The minimum Gasteiger partial charge on any atom is -0.383 e. The third-order valence-corrected chi connectivity index (χ3v) is 2.66. The zero-order valence-corrected chi connectivity index (χ0v) is 12.5. The fraction of sp³-hybridized carbons (Fsp3) is 1.00. The Morgan fingerprint density at radius 1 is 0.833 bits per heavy atom. The molecule has 18 heavy (non-hydrogen) atoms. The van der Waals surface area contributed by atoms with E-state index in [0.29, 0.717) is 26.4 Å². The van der Waals surface area contributed by atoms with Gasteiger partial charge in [-0.2, -0.15) is 0 Å². The lowest BCUT2D eigenvalue weighted by Crippen LogP contribution is -2.45. The van der Waals surface area contributed by atoms with Crippen molar-refractivity contribution in [3.8, 4) is 0 Å². The van der Waals surface area contributed by atoms with E-state index < -0.39 is 0 Å². The minimum absolute atomic E-state index is 0.232. The molecule has 0 amide bonds. The van der Waals surface area contributed by atoms with Gasteiger partial charge in [0, 0.05) is 34.4 Å². The zero-order chi connectivity index (χ0) is 13.8. The molecule has 0 aliphatic rings. The van der Waals surface area contributed by atoms with Crippen molar-refractivity contribution in [2.24, 2.45) is 0 Å². The highest BCUT2D eigenvalue weighted by molar-refractivity contribution is 4.71. The summed E-state index contributed by atoms with van der Waals surface area (Å²) in [6.45, 7) is 8.51. The second kappa shape index (κ2) is 11.9. The van der Waals surface area contributed by atoms with Crippen LogP contribution < -0.4 is 0 Å². The highest BCUT2D eigenvalue weighted by Crippen LogP contribution is 2.03. The summed E-state index contributed by atoms with van der Waals surface area (Å²) in [6.07, 6.45) is 0.232. The number of ether oxygens (including phenoxy) is 4. The van der Waals surface area contributed by atoms with Crippen molar-refractivity contribution in [3.63, 3.8) is 0 Å². The quantitative estimate of drug-likeness (QED) is 0.526. The third-order valence-electron chi connectivity index (χ3n) is 2.66. The van der Waals surface area contributed by atoms with Crippen molar-refractivity contribution in [2.75, 3.05) is 60.8 Å². The molecule has 0 aromatic heterocycles. The van der Waals surface area contributed by atoms with Crippen molar-refractivity contribution in [1.29, 1.82) is 0 Å². The Labute approximate surface area is 111 Å². The van der Waals surface area contributed by atoms with Gasteiger partial charge in [-0.15, -0.1) is 0 Å². The largest absolute Gasteiger partial charge is 0.383 e. The molecule has 0 aromatic carbocycles. The standard InChI is InChI=1S/C13H29NO4/c1-12(2)18-11-13(10-17-5)14(6-8-15-3)7-9-16-4/h12-13H,6-11H2,1-5H3. The van der Waals surface area contributed by atoms with Crippen LogP contribution in [0.25, 0.3) is 0 Å². The second-order valence-corrected chi connectivity index (χ2v) is 4.51. The summed E-state index contributed by atoms with van der Waals surface area (Å²) >= 11 is 0. The van der Waals surface area contributed by atoms with Gasteiger partial charge in [0.05, 0.1) is 38.6 Å². The maximum absolute atomic E-state index is 5.69. The highest BCUT2D eigenvalue weighted by atomic mass is 16.5. The van der Waals surface area contributed by atoms with E-state index in [-0.39, 0.29) is 12.1 Å². The molecule has 0 rings (SSSR count). The maximum atomic E-state index is 5.69. The molecule has 0 spiro atoms. The number of hydrogen-bond acceptors (Lipinski definition) is 5. The van der Waals surface area contributed by atoms with E-state index in [1.807, 2.05) is 13.8 Å². The van der Waals surface area contributed by atoms with Gasteiger partial charge in [0.2, 0.25) is 0 Å². The maximum Gasteiger partial charge on any atom is 0.0647 e. The summed E-state index contributed by atoms with van der Waals surface area (Å²) in [5.41, 5.74) is 0. The van der Waals surface area contributed by atoms with Gasteiger partial charge in [-0.1, -0.05) is 0 Å². The van der Waals surface area contributed by atoms with E-state index in [2.05, 4.69) is 4.90 Å². The van der Waals surface area contributed by atoms with Crippen LogP contribution in [0.1, 0.15) is 13.8 Å². The van der Waals surface area contributed by atoms with Crippen LogP contribution in [-0.4, -0.2) is 77.9 Å². The van der Waals surface area contributed by atoms with Gasteiger partial charge in [-0.3, -0.25) is 4.90 Å². The molecule has 0 radical (unpaired) electrons. The number of nitrogens with zero attached hydrogens (tertiary/aromatic N) is 1. The second-order valence-electron chi connectivity index (χ2n) is 4.51. The van der Waals surface area contributed by atoms with Crippen molar-refractivity contribution >= 4 is 0 Å². The summed E-state index contributed by atoms with van der Waals surface area (Å²) in [4.78, 5) is 2.29. The highest BCUT2D eigenvalue weighted by Gasteiger charge is 2.18. The Morgan fingerprint density at radius 2 is 1.39 bits per heavy atom. The zero-order valence-electron chi connectivity index (χ0n) is 12.5. The van der Waals surface area contributed by atoms with Gasteiger partial charge in [0.1, 0.15) is 0 Å². The predicted octanol–water partition coefficient (Wildman–Crippen LogP) is 1.02. The van der Waals surface area contributed by atoms with Gasteiger partial charge >= 0.3 is 0 Å². The van der Waals surface area contributed by atoms with Crippen molar-refractivity contribution in [3.05, 3.63) is 0 Å². The van der Waals surface area contributed by atoms with Gasteiger partial charge in [-0.25, -0.2) is 0 Å². The first-order valence-corrected chi connectivity index (χ1v) is 6.48. The van der Waals surface area contributed by atoms with Crippen LogP contribution >= 0.6 is 0 Å². The molecule has 0 N–H and O–H groups in total. The monoisotopic (exact) mass is 263 g/mol. The van der Waals surface area contributed by atoms with Crippen LogP contribution in [0.15, 0.2) is 0 Å². The summed E-state index contributed by atoms with van der Waals surface area (Å²) in [5, 5.41) is 0. The van der Waals surface area contributed by atoms with E-state index in [4.69, 9.17) is 18.9 Å². The lowest BCUT2D eigenvalue weighted by Gasteiger charge is -2.31. The summed E-state index contributed by atoms with van der Waals surface area (Å²) in [7, 11) is 5.14. The van der Waals surface area contributed by atoms with E-state index in [9.17, 15) is 0 Å². The molecule has 5 heteroatoms. The Morgan fingerprint density at radius 3 is 1.78 bits per heavy atom. The van der Waals surface area contributed by atoms with Crippen molar-refractivity contribution in [2.45, 2.75) is 26.0 Å². The SMILES string of the molecule is COCCN(CCOC)C(COC)COC(C)C. The lowest BCUT2D eigenvalue weighted by atomic mass is 10.2. The Balaban J connectivity index is 4.30. The van der Waals surface area contributed by atoms with Crippen LogP contribution in [0.3, 0.4) is 0 Å². The topological polar surface area (TPSA) is 40.2 Å². The predicted molar refractivity (Wildman–Crippen MR) is 72.1 cm³/mol. The van der Waals surface area contributed by atoms with Crippen LogP contribution in [0.5, 0.6) is 0 Å². The normalized spacial score (nSPS) is 13.5. The van der Waals surface area contributed by atoms with Crippen molar-refractivity contribution in [1.82, 2.24) is 4.90 Å². The molecule has 0 aliphatic heterocycles. The average Bonchev–Trinajstić information content (AvgIpc) is 2.35. The molecule has 0 heterocycles. The Bertz CT molecular complexity index is 170. The van der Waals surface area contributed by atoms with E-state index >= 15 is 0 Å². The van der Waals surface area contributed by atoms with Crippen LogP contribution in [0, 0.1) is 0 Å². The van der Waals surface area contributed by atoms with E-state index in [1.165, 1.54) is 0 Å². The molecule has 1 unspecified atom stereocenters. The van der Waals surface area contributed by atoms with Crippen LogP contribution in [-0.2, 0) is 18.9 Å². The molecule has 1 atom stereocenters. The molecular formula is C13H29NO4. The molecule has 5 nitrogen and oxygen atoms in total. The Hall–Kier alpha value is -0.200. The van der Waals surface area contributed by atoms with E-state index in [0.717, 1.165) is 13.1 Å². The smallest absolute Gasteiger partial charge is 0.0647 e. The van der Waals surface area contributed by atoms with Crippen LogP contribution in [0.2, 0.25) is 0 Å². The van der Waals surface area contributed by atoms with Gasteiger partial charge in [0.25, 0.3) is 0 Å². The first-order valence-electron chi connectivity index (χ1n) is 6.48. The fourth-order valence-corrected chi connectivity index (χ4v) is 1.65. The van der Waals surface area contributed by atoms with Crippen LogP contribution in [0.4, 0.5) is 0 Å². The first-order chi connectivity index (χ1) is 8.65. The molecule has 0 fully saturated rings. The van der Waals surface area contributed by atoms with E-state index in [1.54, 1.807) is 21.3 Å². The van der Waals surface area contributed by atoms with Gasteiger partial charge in [0.15, 0.2) is 0 Å². The first kappa shape index (κ1) is 17.8. The fourth-order valence-electron chi connectivity index (χ4n) is 1.65. The lowest BCUT2D eigenvalue weighted by molar-refractivity contribution is -0.0171. The minimum atomic E-state index is 0.232. The molecule has 0 aliphatic carbocycles. The summed E-state index contributed by atoms with van der Waals surface area (Å²) < 4.78 is 21.3. The summed E-state index contributed by atoms with van der Waals surface area (Å²) in [5.74, 6) is 0. The molecule has 0 saturated heterocycles. The molecule has 110 valence electrons. The number of hydrogen-bond donors (Lipinski definition) is 0. The average molecular weight is 263 g/mol. The van der Waals surface area contributed by atoms with Crippen molar-refractivity contribution < 1.29 is 18.9 Å². The third kappa shape index (κ3) is 8.83.